The topological polar surface area (TPSA) is 72.2 Å². The molecule has 1 aromatic carbocycles. The summed E-state index contributed by atoms with van der Waals surface area (Å²) in [5, 5.41) is 0. The maximum Gasteiger partial charge on any atom is 0.240 e. The Morgan fingerprint density at radius 3 is 2.72 bits per heavy atom. The van der Waals surface area contributed by atoms with E-state index < -0.39 is 10.0 Å². The number of hydrogen-bond donors (Lipinski definition) is 2. The Bertz CT molecular complexity index is 541. The van der Waals surface area contributed by atoms with Crippen molar-refractivity contribution in [2.45, 2.75) is 37.1 Å². The van der Waals surface area contributed by atoms with Crippen molar-refractivity contribution < 1.29 is 8.42 Å². The van der Waals surface area contributed by atoms with Gasteiger partial charge in [0, 0.05) is 16.2 Å². The van der Waals surface area contributed by atoms with Gasteiger partial charge in [0.1, 0.15) is 0 Å². The zero-order valence-corrected chi connectivity index (χ0v) is 12.6. The molecular weight excluding hydrogens is 316 g/mol. The van der Waals surface area contributed by atoms with E-state index in [1.54, 1.807) is 12.1 Å². The summed E-state index contributed by atoms with van der Waals surface area (Å²) in [5.74, 6) is 0.692. The molecule has 0 heterocycles. The Morgan fingerprint density at radius 1 is 1.50 bits per heavy atom. The molecule has 0 radical (unpaired) electrons. The molecule has 0 aliphatic heterocycles. The molecule has 1 aliphatic carbocycles. The Hall–Kier alpha value is -0.590. The molecule has 0 spiro atoms. The van der Waals surface area contributed by atoms with Gasteiger partial charge in [-0.05, 0) is 53.4 Å². The fourth-order valence-corrected chi connectivity index (χ4v) is 3.46. The van der Waals surface area contributed by atoms with Gasteiger partial charge >= 0.3 is 0 Å². The van der Waals surface area contributed by atoms with Crippen molar-refractivity contribution in [3.8, 4) is 0 Å². The lowest BCUT2D eigenvalue weighted by molar-refractivity contribution is 0.530. The molecule has 1 aliphatic rings. The Balaban J connectivity index is 2.11. The maximum atomic E-state index is 12.1. The van der Waals surface area contributed by atoms with Gasteiger partial charge in [-0.1, -0.05) is 12.8 Å². The van der Waals surface area contributed by atoms with Gasteiger partial charge in [-0.2, -0.15) is 0 Å². The van der Waals surface area contributed by atoms with Crippen LogP contribution in [0.2, 0.25) is 0 Å². The van der Waals surface area contributed by atoms with Gasteiger partial charge in [0.05, 0.1) is 4.90 Å². The van der Waals surface area contributed by atoms with Crippen molar-refractivity contribution in [1.29, 1.82) is 0 Å². The van der Waals surface area contributed by atoms with E-state index in [1.165, 1.54) is 18.9 Å². The first-order valence-corrected chi connectivity index (χ1v) is 8.23. The minimum atomic E-state index is -3.47. The molecular formula is C12H17BrN2O2S. The fourth-order valence-electron chi connectivity index (χ4n) is 1.92. The predicted octanol–water partition coefficient (Wildman–Crippen LogP) is 2.50. The average molecular weight is 333 g/mol. The van der Waals surface area contributed by atoms with Crippen molar-refractivity contribution >= 4 is 31.6 Å². The molecule has 3 N–H and O–H groups in total. The summed E-state index contributed by atoms with van der Waals surface area (Å²) in [6.07, 6.45) is 3.35. The highest BCUT2D eigenvalue weighted by Crippen LogP contribution is 2.33. The van der Waals surface area contributed by atoms with E-state index in [2.05, 4.69) is 20.7 Å². The molecule has 2 rings (SSSR count). The highest BCUT2D eigenvalue weighted by Gasteiger charge is 2.26. The molecule has 18 heavy (non-hydrogen) atoms. The first-order chi connectivity index (χ1) is 8.38. The number of benzene rings is 1. The van der Waals surface area contributed by atoms with Crippen LogP contribution in [-0.2, 0) is 10.0 Å². The number of nitrogens with one attached hydrogen (secondary N) is 1. The fraction of sp³-hybridized carbons (Fsp3) is 0.500. The van der Waals surface area contributed by atoms with Crippen molar-refractivity contribution in [3.63, 3.8) is 0 Å². The van der Waals surface area contributed by atoms with Crippen LogP contribution in [0.25, 0.3) is 0 Å². The lowest BCUT2D eigenvalue weighted by atomic mass is 10.2. The van der Waals surface area contributed by atoms with Crippen LogP contribution in [0.15, 0.2) is 27.6 Å². The van der Waals surface area contributed by atoms with Gasteiger partial charge in [0.15, 0.2) is 0 Å². The quantitative estimate of drug-likeness (QED) is 0.813. The van der Waals surface area contributed by atoms with Crippen LogP contribution >= 0.6 is 15.9 Å². The maximum absolute atomic E-state index is 12.1. The van der Waals surface area contributed by atoms with Crippen LogP contribution < -0.4 is 10.5 Å². The minimum Gasteiger partial charge on any atom is -0.398 e. The lowest BCUT2D eigenvalue weighted by Gasteiger charge is -2.14. The summed E-state index contributed by atoms with van der Waals surface area (Å²) in [7, 11) is -3.47. The Kier molecular flexibility index (Phi) is 3.99. The van der Waals surface area contributed by atoms with Crippen LogP contribution in [-0.4, -0.2) is 14.5 Å². The highest BCUT2D eigenvalue weighted by atomic mass is 79.9. The van der Waals surface area contributed by atoms with Crippen LogP contribution in [0.5, 0.6) is 0 Å². The third-order valence-corrected chi connectivity index (χ3v) is 5.33. The lowest BCUT2D eigenvalue weighted by Crippen LogP contribution is -2.33. The molecule has 1 unspecified atom stereocenters. The van der Waals surface area contributed by atoms with Gasteiger partial charge in [-0.3, -0.25) is 0 Å². The van der Waals surface area contributed by atoms with Gasteiger partial charge in [-0.25, -0.2) is 13.1 Å². The molecule has 1 aromatic rings. The second kappa shape index (κ2) is 5.19. The van der Waals surface area contributed by atoms with Crippen LogP contribution in [0, 0.1) is 5.92 Å². The summed E-state index contributed by atoms with van der Waals surface area (Å²) < 4.78 is 27.6. The molecule has 0 aromatic heterocycles. The molecule has 4 nitrogen and oxygen atoms in total. The average Bonchev–Trinajstić information content (AvgIpc) is 3.04. The zero-order chi connectivity index (χ0) is 13.3. The molecule has 1 fully saturated rings. The number of nitrogen functional groups attached to an aromatic ring is 1. The molecule has 100 valence electrons. The van der Waals surface area contributed by atoms with Crippen LogP contribution in [0.1, 0.15) is 26.2 Å². The van der Waals surface area contributed by atoms with Crippen molar-refractivity contribution in [1.82, 2.24) is 4.72 Å². The van der Waals surface area contributed by atoms with Gasteiger partial charge in [-0.15, -0.1) is 0 Å². The number of nitrogens with two attached hydrogens (primary N) is 1. The van der Waals surface area contributed by atoms with E-state index in [0.29, 0.717) is 16.1 Å². The molecule has 1 saturated carbocycles. The number of sulfonamides is 1. The third kappa shape index (κ3) is 3.46. The van der Waals surface area contributed by atoms with Gasteiger partial charge in [0.25, 0.3) is 0 Å². The minimum absolute atomic E-state index is 0.0348. The van der Waals surface area contributed by atoms with Crippen molar-refractivity contribution in [2.75, 3.05) is 5.73 Å². The second-order valence-corrected chi connectivity index (χ2v) is 7.45. The molecule has 1 atom stereocenters. The van der Waals surface area contributed by atoms with E-state index in [1.807, 2.05) is 6.92 Å². The summed E-state index contributed by atoms with van der Waals surface area (Å²) in [4.78, 5) is 0.214. The summed E-state index contributed by atoms with van der Waals surface area (Å²) >= 11 is 3.25. The monoisotopic (exact) mass is 332 g/mol. The first kappa shape index (κ1) is 13.8. The number of rotatable bonds is 5. The third-order valence-electron chi connectivity index (χ3n) is 3.02. The number of hydrogen-bond acceptors (Lipinski definition) is 3. The smallest absolute Gasteiger partial charge is 0.240 e. The predicted molar refractivity (Wildman–Crippen MR) is 75.7 cm³/mol. The van der Waals surface area contributed by atoms with Crippen LogP contribution in [0.3, 0.4) is 0 Å². The molecule has 0 amide bonds. The molecule has 0 bridgehead atoms. The Labute approximate surface area is 116 Å². The summed E-state index contributed by atoms with van der Waals surface area (Å²) in [6.45, 7) is 1.90. The van der Waals surface area contributed by atoms with Gasteiger partial charge in [0.2, 0.25) is 10.0 Å². The number of anilines is 1. The standard InChI is InChI=1S/C12H17BrN2O2S/c1-8(6-9-2-3-9)15-18(16,17)10-4-5-11(13)12(14)7-10/h4-5,7-9,15H,2-3,6,14H2,1H3. The van der Waals surface area contributed by atoms with Crippen molar-refractivity contribution in [3.05, 3.63) is 22.7 Å². The molecule has 6 heteroatoms. The highest BCUT2D eigenvalue weighted by molar-refractivity contribution is 9.10. The van der Waals surface area contributed by atoms with E-state index in [0.717, 1.165) is 6.42 Å². The summed E-state index contributed by atoms with van der Waals surface area (Å²) in [5.41, 5.74) is 6.12. The van der Waals surface area contributed by atoms with Crippen LogP contribution in [0.4, 0.5) is 5.69 Å². The summed E-state index contributed by atoms with van der Waals surface area (Å²) in [6, 6.07) is 4.63. The van der Waals surface area contributed by atoms with E-state index in [4.69, 9.17) is 5.73 Å². The second-order valence-electron chi connectivity index (χ2n) is 4.88. The van der Waals surface area contributed by atoms with Crippen molar-refractivity contribution in [2.24, 2.45) is 5.92 Å². The van der Waals surface area contributed by atoms with Gasteiger partial charge < -0.3 is 5.73 Å². The largest absolute Gasteiger partial charge is 0.398 e. The van der Waals surface area contributed by atoms with E-state index in [-0.39, 0.29) is 10.9 Å². The zero-order valence-electron chi connectivity index (χ0n) is 10.2. The Morgan fingerprint density at radius 2 is 2.17 bits per heavy atom. The number of halogens is 1. The first-order valence-electron chi connectivity index (χ1n) is 5.96. The SMILES string of the molecule is CC(CC1CC1)NS(=O)(=O)c1ccc(Br)c(N)c1. The molecule has 0 saturated heterocycles. The normalized spacial score (nSPS) is 17.7. The van der Waals surface area contributed by atoms with E-state index in [9.17, 15) is 8.42 Å². The van der Waals surface area contributed by atoms with E-state index >= 15 is 0 Å².